The molecule has 0 fully saturated rings. The van der Waals surface area contributed by atoms with Gasteiger partial charge >= 0.3 is 0 Å². The smallest absolute Gasteiger partial charge is 0.165 e. The quantitative estimate of drug-likeness (QED) is 0.113. The molecule has 550 valence electrons. The average Bonchev–Trinajstić information content (AvgIpc) is 1.14. The van der Waals surface area contributed by atoms with Gasteiger partial charge in [-0.05, 0) is 169 Å². The summed E-state index contributed by atoms with van der Waals surface area (Å²) >= 11 is 3.57. The van der Waals surface area contributed by atoms with Crippen LogP contribution in [0.15, 0.2) is 413 Å². The minimum absolute atomic E-state index is 0.647. The van der Waals surface area contributed by atoms with Crippen molar-refractivity contribution in [2.24, 2.45) is 0 Å². The summed E-state index contributed by atoms with van der Waals surface area (Å²) in [5, 5.41) is 17.2. The maximum atomic E-state index is 5.17. The van der Waals surface area contributed by atoms with Crippen LogP contribution in [0.2, 0.25) is 0 Å². The lowest BCUT2D eigenvalue weighted by molar-refractivity contribution is 1.08. The lowest BCUT2D eigenvalue weighted by atomic mass is 9.89. The van der Waals surface area contributed by atoms with E-state index in [1.165, 1.54) is 150 Å². The Kier molecular flexibility index (Phi) is 17.5. The highest BCUT2D eigenvalue weighted by molar-refractivity contribution is 7.26. The van der Waals surface area contributed by atoms with Gasteiger partial charge in [0.2, 0.25) is 0 Å². The normalized spacial score (nSPS) is 11.6. The Morgan fingerprint density at radius 3 is 0.814 bits per heavy atom. The zero-order chi connectivity index (χ0) is 78.0. The molecule has 0 atom stereocenters. The van der Waals surface area contributed by atoms with Gasteiger partial charge in [0.1, 0.15) is 0 Å². The van der Waals surface area contributed by atoms with E-state index in [9.17, 15) is 0 Å². The molecule has 0 amide bonds. The average molecular weight is 1540 g/mol. The fourth-order valence-electron chi connectivity index (χ4n) is 17.2. The molecule has 0 N–H and O–H groups in total. The first-order valence-corrected chi connectivity index (χ1v) is 41.4. The van der Waals surface area contributed by atoms with Gasteiger partial charge in [0.15, 0.2) is 34.9 Å². The van der Waals surface area contributed by atoms with Gasteiger partial charge in [-0.2, -0.15) is 0 Å². The molecule has 23 rings (SSSR count). The molecule has 0 radical (unpaired) electrons. The lowest BCUT2D eigenvalue weighted by Gasteiger charge is -2.15. The topological polar surface area (TPSA) is 77.3 Å². The first-order valence-electron chi connectivity index (χ1n) is 39.8. The Morgan fingerprint density at radius 1 is 0.136 bits per heavy atom. The number of nitrogens with zero attached hydrogens (tertiary/aromatic N) is 6. The van der Waals surface area contributed by atoms with E-state index in [4.69, 9.17) is 29.9 Å². The number of thiophene rings is 2. The standard InChI is InChI=1S/C57H35N3S.C53H33N3S/c1-3-14-36(15-4-1)42-32-33-43(45-19-8-7-18-44(42)45)40-30-31-41-35-51(46-20-9-10-21-47(46)52(41)34-40)37-26-28-39(29-27-37)56-58-55(38-16-5-2-6-17-38)59-57(60-56)50-24-13-23-49-48-22-11-12-25-53(48)61-54(49)50;1-3-14-34(15-4-1)40-18-7-8-19-41(40)38-30-31-39-33-47(42-20-9-10-21-43(42)48(39)32-38)35-26-28-37(29-27-35)52-54-51(36-16-5-2-6-17-36)55-53(56-52)46-24-13-23-45-44-22-11-12-25-49(44)57-50(45)46/h1-35H;1-33H. The van der Waals surface area contributed by atoms with Gasteiger partial charge in [0.25, 0.3) is 0 Å². The van der Waals surface area contributed by atoms with E-state index in [0.717, 1.165) is 44.5 Å². The monoisotopic (exact) mass is 1540 g/mol. The van der Waals surface area contributed by atoms with Gasteiger partial charge < -0.3 is 0 Å². The molecule has 19 aromatic carbocycles. The third-order valence-electron chi connectivity index (χ3n) is 22.9. The van der Waals surface area contributed by atoms with E-state index in [1.54, 1.807) is 22.7 Å². The highest BCUT2D eigenvalue weighted by Crippen LogP contribution is 2.46. The van der Waals surface area contributed by atoms with Crippen molar-refractivity contribution in [3.05, 3.63) is 413 Å². The number of hydrogen-bond acceptors (Lipinski definition) is 8. The van der Waals surface area contributed by atoms with Crippen LogP contribution in [0.3, 0.4) is 0 Å². The summed E-state index contributed by atoms with van der Waals surface area (Å²) in [6.07, 6.45) is 0. The van der Waals surface area contributed by atoms with Gasteiger partial charge in [-0.15, -0.1) is 22.7 Å². The second-order valence-corrected chi connectivity index (χ2v) is 32.0. The summed E-state index contributed by atoms with van der Waals surface area (Å²) in [6.45, 7) is 0. The van der Waals surface area contributed by atoms with Crippen LogP contribution in [0.25, 0.3) is 229 Å². The van der Waals surface area contributed by atoms with Gasteiger partial charge in [-0.25, -0.2) is 29.9 Å². The Bertz CT molecular complexity index is 7840. The van der Waals surface area contributed by atoms with E-state index >= 15 is 0 Å². The van der Waals surface area contributed by atoms with Crippen molar-refractivity contribution in [2.75, 3.05) is 0 Å². The van der Waals surface area contributed by atoms with E-state index in [1.807, 2.05) is 36.4 Å². The number of aromatic nitrogens is 6. The SMILES string of the molecule is c1ccc(-c2nc(-c3ccc(-c4cc5ccc(-c6ccc(-c7ccccc7)c7ccccc67)cc5c5ccccc45)cc3)nc(-c3cccc4c3sc3ccccc34)n2)cc1.c1ccc(-c2nc(-c3ccc(-c4cc5ccc(-c6ccccc6-c6ccccc6)cc5c5ccccc45)cc3)nc(-c3cccc4c3sc3ccccc34)n2)cc1. The van der Waals surface area contributed by atoms with Crippen molar-refractivity contribution < 1.29 is 0 Å². The zero-order valence-corrected chi connectivity index (χ0v) is 65.4. The predicted molar refractivity (Wildman–Crippen MR) is 498 cm³/mol. The van der Waals surface area contributed by atoms with Crippen LogP contribution in [0, 0.1) is 0 Å². The van der Waals surface area contributed by atoms with Crippen molar-refractivity contribution in [3.63, 3.8) is 0 Å². The van der Waals surface area contributed by atoms with E-state index in [-0.39, 0.29) is 0 Å². The van der Waals surface area contributed by atoms with Crippen molar-refractivity contribution in [2.45, 2.75) is 0 Å². The van der Waals surface area contributed by atoms with Crippen LogP contribution in [0.1, 0.15) is 0 Å². The fourth-order valence-corrected chi connectivity index (χ4v) is 19.6. The van der Waals surface area contributed by atoms with Crippen LogP contribution in [0.5, 0.6) is 0 Å². The van der Waals surface area contributed by atoms with Gasteiger partial charge in [-0.1, -0.05) is 364 Å². The molecule has 0 unspecified atom stereocenters. The fraction of sp³-hybridized carbons (Fsp3) is 0. The number of benzene rings is 19. The zero-order valence-electron chi connectivity index (χ0n) is 63.8. The summed E-state index contributed by atoms with van der Waals surface area (Å²) in [4.78, 5) is 30.6. The summed E-state index contributed by atoms with van der Waals surface area (Å²) in [5.41, 5.74) is 20.3. The molecule has 0 aliphatic carbocycles. The maximum Gasteiger partial charge on any atom is 0.165 e. The molecule has 6 nitrogen and oxygen atoms in total. The molecule has 0 spiro atoms. The van der Waals surface area contributed by atoms with E-state index in [2.05, 4.69) is 376 Å². The van der Waals surface area contributed by atoms with Crippen molar-refractivity contribution in [3.8, 4) is 135 Å². The van der Waals surface area contributed by atoms with E-state index in [0.29, 0.717) is 34.9 Å². The Morgan fingerprint density at radius 2 is 0.398 bits per heavy atom. The van der Waals surface area contributed by atoms with Crippen LogP contribution in [-0.2, 0) is 0 Å². The highest BCUT2D eigenvalue weighted by Gasteiger charge is 2.22. The number of hydrogen-bond donors (Lipinski definition) is 0. The molecule has 0 aliphatic rings. The molecule has 4 heterocycles. The maximum absolute atomic E-state index is 5.17. The molecular formula is C110H68N6S2. The summed E-state index contributed by atoms with van der Waals surface area (Å²) in [6, 6.07) is 147. The lowest BCUT2D eigenvalue weighted by Crippen LogP contribution is -2.00. The Hall–Kier alpha value is -15.1. The third-order valence-corrected chi connectivity index (χ3v) is 25.3. The van der Waals surface area contributed by atoms with Crippen molar-refractivity contribution >= 4 is 117 Å². The number of fused-ring (bicyclic) bond motifs is 13. The Balaban J connectivity index is 0.000000143. The molecule has 118 heavy (non-hydrogen) atoms. The van der Waals surface area contributed by atoms with Gasteiger partial charge in [0.05, 0.1) is 0 Å². The number of rotatable bonds is 12. The van der Waals surface area contributed by atoms with E-state index < -0.39 is 0 Å². The van der Waals surface area contributed by atoms with Gasteiger partial charge in [0, 0.05) is 73.7 Å². The Labute approximate surface area is 689 Å². The third kappa shape index (κ3) is 12.7. The molecule has 23 aromatic rings. The summed E-state index contributed by atoms with van der Waals surface area (Å²) in [5.74, 6) is 3.95. The minimum Gasteiger partial charge on any atom is -0.208 e. The molecule has 0 saturated heterocycles. The molecular weight excluding hydrogens is 1470 g/mol. The highest BCUT2D eigenvalue weighted by atomic mass is 32.1. The molecule has 8 heteroatoms. The first kappa shape index (κ1) is 69.6. The first-order chi connectivity index (χ1) is 58.5. The second-order valence-electron chi connectivity index (χ2n) is 29.9. The van der Waals surface area contributed by atoms with Crippen LogP contribution < -0.4 is 0 Å². The van der Waals surface area contributed by atoms with Crippen LogP contribution in [0.4, 0.5) is 0 Å². The van der Waals surface area contributed by atoms with Crippen molar-refractivity contribution in [1.82, 2.24) is 29.9 Å². The minimum atomic E-state index is 0.647. The van der Waals surface area contributed by atoms with Crippen LogP contribution >= 0.6 is 22.7 Å². The molecule has 4 aromatic heterocycles. The van der Waals surface area contributed by atoms with Crippen LogP contribution in [-0.4, -0.2) is 29.9 Å². The van der Waals surface area contributed by atoms with Gasteiger partial charge in [-0.3, -0.25) is 0 Å². The molecule has 0 aliphatic heterocycles. The molecule has 0 bridgehead atoms. The largest absolute Gasteiger partial charge is 0.208 e. The van der Waals surface area contributed by atoms with Crippen molar-refractivity contribution in [1.29, 1.82) is 0 Å². The molecule has 0 saturated carbocycles. The summed E-state index contributed by atoms with van der Waals surface area (Å²) < 4.78 is 4.87. The second kappa shape index (κ2) is 29.7. The summed E-state index contributed by atoms with van der Waals surface area (Å²) in [7, 11) is 0. The predicted octanol–water partition coefficient (Wildman–Crippen LogP) is 30.2.